The van der Waals surface area contributed by atoms with E-state index >= 15 is 0 Å². The minimum absolute atomic E-state index is 0.00916. The lowest BCUT2D eigenvalue weighted by molar-refractivity contribution is -0.126. The van der Waals surface area contributed by atoms with Gasteiger partial charge in [-0.1, -0.05) is 12.1 Å². The highest BCUT2D eigenvalue weighted by Crippen LogP contribution is 2.33. The van der Waals surface area contributed by atoms with Crippen molar-refractivity contribution >= 4 is 11.8 Å². The fourth-order valence-corrected chi connectivity index (χ4v) is 4.12. The van der Waals surface area contributed by atoms with Crippen molar-refractivity contribution in [3.8, 4) is 5.75 Å². The molecule has 2 amide bonds. The van der Waals surface area contributed by atoms with E-state index in [0.717, 1.165) is 24.2 Å². The number of piperidine rings is 1. The predicted octanol–water partition coefficient (Wildman–Crippen LogP) is 2.67. The molecule has 2 heterocycles. The van der Waals surface area contributed by atoms with E-state index < -0.39 is 0 Å². The van der Waals surface area contributed by atoms with Crippen LogP contribution in [0, 0.1) is 12.8 Å². The molecule has 1 aromatic carbocycles. The molecule has 4 rings (SSSR count). The molecule has 31 heavy (non-hydrogen) atoms. The number of likely N-dealkylation sites (tertiary alicyclic amines) is 1. The second-order valence-corrected chi connectivity index (χ2v) is 8.45. The van der Waals surface area contributed by atoms with E-state index in [1.54, 1.807) is 22.8 Å². The Bertz CT molecular complexity index is 1020. The molecule has 1 aromatic heterocycles. The number of nitrogens with zero attached hydrogens (tertiary/aromatic N) is 2. The Kier molecular flexibility index (Phi) is 6.11. The van der Waals surface area contributed by atoms with Gasteiger partial charge in [0.05, 0.1) is 7.11 Å². The SMILES string of the molecule is COc1ccc(CNC(=O)C2CCN(C(=O)c3c(C)ccn(C4CC4)c3=O)CC2)cc1. The minimum atomic E-state index is -0.213. The summed E-state index contributed by atoms with van der Waals surface area (Å²) in [4.78, 5) is 40.2. The summed E-state index contributed by atoms with van der Waals surface area (Å²) in [5.41, 5.74) is 1.81. The van der Waals surface area contributed by atoms with Crippen molar-refractivity contribution in [1.29, 1.82) is 0 Å². The molecule has 164 valence electrons. The molecule has 0 bridgehead atoms. The zero-order valence-corrected chi connectivity index (χ0v) is 18.1. The zero-order valence-electron chi connectivity index (χ0n) is 18.1. The quantitative estimate of drug-likeness (QED) is 0.775. The average molecular weight is 424 g/mol. The smallest absolute Gasteiger partial charge is 0.263 e. The molecular weight excluding hydrogens is 394 g/mol. The highest BCUT2D eigenvalue weighted by atomic mass is 16.5. The van der Waals surface area contributed by atoms with Crippen molar-refractivity contribution in [1.82, 2.24) is 14.8 Å². The number of carbonyl (C=O) groups is 2. The number of hydrogen-bond donors (Lipinski definition) is 1. The van der Waals surface area contributed by atoms with Gasteiger partial charge in [-0.05, 0) is 61.9 Å². The van der Waals surface area contributed by atoms with Crippen LogP contribution < -0.4 is 15.6 Å². The molecule has 1 saturated heterocycles. The van der Waals surface area contributed by atoms with Gasteiger partial charge in [-0.3, -0.25) is 14.4 Å². The summed E-state index contributed by atoms with van der Waals surface area (Å²) in [5.74, 6) is 0.455. The highest BCUT2D eigenvalue weighted by molar-refractivity contribution is 5.95. The maximum atomic E-state index is 13.1. The van der Waals surface area contributed by atoms with Crippen molar-refractivity contribution in [2.45, 2.75) is 45.2 Å². The molecular formula is C24H29N3O4. The Morgan fingerprint density at radius 2 is 1.74 bits per heavy atom. The lowest BCUT2D eigenvalue weighted by atomic mass is 9.95. The molecule has 2 aliphatic rings. The number of amides is 2. The van der Waals surface area contributed by atoms with Gasteiger partial charge in [0.2, 0.25) is 5.91 Å². The van der Waals surface area contributed by atoms with Gasteiger partial charge in [-0.2, -0.15) is 0 Å². The Hall–Kier alpha value is -3.09. The highest BCUT2D eigenvalue weighted by Gasteiger charge is 2.31. The van der Waals surface area contributed by atoms with Crippen molar-refractivity contribution in [2.75, 3.05) is 20.2 Å². The van der Waals surface area contributed by atoms with Gasteiger partial charge < -0.3 is 19.5 Å². The van der Waals surface area contributed by atoms with Crippen LogP contribution in [-0.4, -0.2) is 41.5 Å². The maximum Gasteiger partial charge on any atom is 0.263 e. The zero-order chi connectivity index (χ0) is 22.0. The van der Waals surface area contributed by atoms with Crippen LogP contribution in [-0.2, 0) is 11.3 Å². The van der Waals surface area contributed by atoms with Crippen LogP contribution in [0.5, 0.6) is 5.75 Å². The van der Waals surface area contributed by atoms with Gasteiger partial charge >= 0.3 is 0 Å². The van der Waals surface area contributed by atoms with E-state index in [4.69, 9.17) is 4.74 Å². The topological polar surface area (TPSA) is 80.6 Å². The molecule has 0 spiro atoms. The van der Waals surface area contributed by atoms with Crippen LogP contribution in [0.4, 0.5) is 0 Å². The molecule has 7 nitrogen and oxygen atoms in total. The summed E-state index contributed by atoms with van der Waals surface area (Å²) in [5, 5.41) is 2.99. The van der Waals surface area contributed by atoms with Gasteiger partial charge in [0.25, 0.3) is 11.5 Å². The van der Waals surface area contributed by atoms with Crippen molar-refractivity contribution in [2.24, 2.45) is 5.92 Å². The molecule has 7 heteroatoms. The van der Waals surface area contributed by atoms with Gasteiger partial charge in [-0.25, -0.2) is 0 Å². The van der Waals surface area contributed by atoms with Crippen molar-refractivity contribution in [3.63, 3.8) is 0 Å². The number of aromatic nitrogens is 1. The summed E-state index contributed by atoms with van der Waals surface area (Å²) < 4.78 is 6.84. The van der Waals surface area contributed by atoms with E-state index in [1.165, 1.54) is 0 Å². The standard InChI is InChI=1S/C24H29N3O4/c1-16-9-14-27(19-5-6-19)24(30)21(16)23(29)26-12-10-18(11-13-26)22(28)25-15-17-3-7-20(31-2)8-4-17/h3-4,7-9,14,18-19H,5-6,10-13,15H2,1-2H3,(H,25,28). The Balaban J connectivity index is 1.33. The monoisotopic (exact) mass is 423 g/mol. The van der Waals surface area contributed by atoms with E-state index in [0.29, 0.717) is 38.0 Å². The molecule has 0 radical (unpaired) electrons. The van der Waals surface area contributed by atoms with E-state index in [2.05, 4.69) is 5.32 Å². The first kappa shape index (κ1) is 21.2. The summed E-state index contributed by atoms with van der Waals surface area (Å²) in [6.07, 6.45) is 4.98. The predicted molar refractivity (Wildman–Crippen MR) is 117 cm³/mol. The average Bonchev–Trinajstić information content (AvgIpc) is 3.63. The summed E-state index contributed by atoms with van der Waals surface area (Å²) in [6.45, 7) is 3.24. The second-order valence-electron chi connectivity index (χ2n) is 8.45. The number of rotatable bonds is 6. The van der Waals surface area contributed by atoms with Crippen LogP contribution >= 0.6 is 0 Å². The molecule has 1 aliphatic carbocycles. The van der Waals surface area contributed by atoms with Crippen LogP contribution in [0.1, 0.15) is 53.2 Å². The van der Waals surface area contributed by atoms with Gasteiger partial charge in [0.1, 0.15) is 11.3 Å². The number of aryl methyl sites for hydroxylation is 1. The van der Waals surface area contributed by atoms with Crippen LogP contribution in [0.3, 0.4) is 0 Å². The Labute approximate surface area is 182 Å². The first-order valence-electron chi connectivity index (χ1n) is 10.9. The molecule has 1 aliphatic heterocycles. The fourth-order valence-electron chi connectivity index (χ4n) is 4.12. The number of ether oxygens (including phenoxy) is 1. The van der Waals surface area contributed by atoms with E-state index in [9.17, 15) is 14.4 Å². The minimum Gasteiger partial charge on any atom is -0.497 e. The summed E-state index contributed by atoms with van der Waals surface area (Å²) >= 11 is 0. The largest absolute Gasteiger partial charge is 0.497 e. The lowest BCUT2D eigenvalue weighted by Crippen LogP contribution is -2.44. The lowest BCUT2D eigenvalue weighted by Gasteiger charge is -2.31. The Morgan fingerprint density at radius 1 is 1.06 bits per heavy atom. The molecule has 0 atom stereocenters. The molecule has 2 aromatic rings. The van der Waals surface area contributed by atoms with Crippen LogP contribution in [0.15, 0.2) is 41.3 Å². The van der Waals surface area contributed by atoms with Gasteiger partial charge in [0, 0.05) is 37.8 Å². The maximum absolute atomic E-state index is 13.1. The fraction of sp³-hybridized carbons (Fsp3) is 0.458. The van der Waals surface area contributed by atoms with Crippen LogP contribution in [0.2, 0.25) is 0 Å². The first-order chi connectivity index (χ1) is 15.0. The first-order valence-corrected chi connectivity index (χ1v) is 10.9. The van der Waals surface area contributed by atoms with Crippen molar-refractivity contribution in [3.05, 3.63) is 63.6 Å². The van der Waals surface area contributed by atoms with Gasteiger partial charge in [0.15, 0.2) is 0 Å². The summed E-state index contributed by atoms with van der Waals surface area (Å²) in [7, 11) is 1.62. The number of carbonyl (C=O) groups excluding carboxylic acids is 2. The van der Waals surface area contributed by atoms with Gasteiger partial charge in [-0.15, -0.1) is 0 Å². The van der Waals surface area contributed by atoms with Crippen LogP contribution in [0.25, 0.3) is 0 Å². The molecule has 2 fully saturated rings. The van der Waals surface area contributed by atoms with E-state index in [-0.39, 0.29) is 34.9 Å². The number of hydrogen-bond acceptors (Lipinski definition) is 4. The van der Waals surface area contributed by atoms with Crippen molar-refractivity contribution < 1.29 is 14.3 Å². The third-order valence-corrected chi connectivity index (χ3v) is 6.26. The summed E-state index contributed by atoms with van der Waals surface area (Å²) in [6, 6.07) is 9.68. The normalized spacial score (nSPS) is 16.8. The Morgan fingerprint density at radius 3 is 2.35 bits per heavy atom. The third-order valence-electron chi connectivity index (χ3n) is 6.26. The number of pyridine rings is 1. The molecule has 1 saturated carbocycles. The molecule has 0 unspecified atom stereocenters. The number of nitrogens with one attached hydrogen (secondary N) is 1. The second kappa shape index (κ2) is 8.96. The molecule has 1 N–H and O–H groups in total. The number of methoxy groups -OCH3 is 1. The number of benzene rings is 1. The van der Waals surface area contributed by atoms with E-state index in [1.807, 2.05) is 37.3 Å². The third kappa shape index (κ3) is 4.65.